The van der Waals surface area contributed by atoms with E-state index in [0.717, 1.165) is 0 Å². The van der Waals surface area contributed by atoms with E-state index in [1.165, 1.54) is 5.56 Å². The lowest BCUT2D eigenvalue weighted by Crippen LogP contribution is -2.48. The molecule has 3 nitrogen and oxygen atoms in total. The predicted octanol–water partition coefficient (Wildman–Crippen LogP) is 2.68. The molecule has 4 rings (SSSR count). The average molecular weight is 270 g/mol. The Morgan fingerprint density at radius 1 is 1.00 bits per heavy atom. The van der Waals surface area contributed by atoms with Gasteiger partial charge in [-0.3, -0.25) is 4.79 Å². The molecule has 0 N–H and O–H groups in total. The predicted molar refractivity (Wildman–Crippen MR) is 74.2 cm³/mol. The summed E-state index contributed by atoms with van der Waals surface area (Å²) in [6, 6.07) is 10.3. The number of ketones is 1. The second-order valence-corrected chi connectivity index (χ2v) is 5.95. The molecule has 2 bridgehead atoms. The van der Waals surface area contributed by atoms with Crippen LogP contribution in [0.5, 0.6) is 0 Å². The number of carbonyl (C=O) groups excluding carboxylic acids is 1. The number of hydrogen-bond acceptors (Lipinski definition) is 3. The lowest BCUT2D eigenvalue weighted by molar-refractivity contribution is -0.197. The second-order valence-electron chi connectivity index (χ2n) is 5.95. The molecule has 3 aliphatic rings. The fourth-order valence-electron chi connectivity index (χ4n) is 3.84. The lowest BCUT2D eigenvalue weighted by atomic mass is 9.66. The van der Waals surface area contributed by atoms with Crippen LogP contribution < -0.4 is 0 Å². The molecule has 1 heterocycles. The van der Waals surface area contributed by atoms with Crippen molar-refractivity contribution in [3.63, 3.8) is 0 Å². The van der Waals surface area contributed by atoms with Gasteiger partial charge in [-0.15, -0.1) is 0 Å². The summed E-state index contributed by atoms with van der Waals surface area (Å²) in [7, 11) is 0. The summed E-state index contributed by atoms with van der Waals surface area (Å²) in [6.45, 7) is 1.29. The van der Waals surface area contributed by atoms with E-state index in [-0.39, 0.29) is 17.8 Å². The lowest BCUT2D eigenvalue weighted by Gasteiger charge is -2.43. The zero-order valence-electron chi connectivity index (χ0n) is 11.3. The SMILES string of the molecule is O=C1C2C=C[C@@H](c3ccccc3)C1CC1(C2)OCCO1. The number of benzene rings is 1. The van der Waals surface area contributed by atoms with E-state index in [2.05, 4.69) is 24.3 Å². The van der Waals surface area contributed by atoms with Crippen LogP contribution in [0.1, 0.15) is 24.3 Å². The third-order valence-corrected chi connectivity index (χ3v) is 4.78. The smallest absolute Gasteiger partial charge is 0.170 e. The van der Waals surface area contributed by atoms with Crippen molar-refractivity contribution in [3.8, 4) is 0 Å². The molecular formula is C17H18O3. The highest BCUT2D eigenvalue weighted by molar-refractivity contribution is 5.88. The van der Waals surface area contributed by atoms with Gasteiger partial charge in [0.1, 0.15) is 5.78 Å². The van der Waals surface area contributed by atoms with Gasteiger partial charge in [0.05, 0.1) is 13.2 Å². The Balaban J connectivity index is 1.70. The molecule has 3 heteroatoms. The van der Waals surface area contributed by atoms with Crippen LogP contribution in [0, 0.1) is 11.8 Å². The molecule has 3 atom stereocenters. The van der Waals surface area contributed by atoms with Gasteiger partial charge in [0, 0.05) is 30.6 Å². The summed E-state index contributed by atoms with van der Waals surface area (Å²) in [5.41, 5.74) is 1.20. The first-order valence-electron chi connectivity index (χ1n) is 7.32. The summed E-state index contributed by atoms with van der Waals surface area (Å²) >= 11 is 0. The molecule has 0 aromatic heterocycles. The van der Waals surface area contributed by atoms with Crippen molar-refractivity contribution >= 4 is 5.78 Å². The molecule has 1 aliphatic heterocycles. The minimum absolute atomic E-state index is 0.0146. The van der Waals surface area contributed by atoms with Gasteiger partial charge in [-0.1, -0.05) is 42.5 Å². The van der Waals surface area contributed by atoms with Crippen molar-refractivity contribution in [2.75, 3.05) is 13.2 Å². The molecule has 0 amide bonds. The summed E-state index contributed by atoms with van der Waals surface area (Å²) < 4.78 is 11.7. The quantitative estimate of drug-likeness (QED) is 0.736. The first-order chi connectivity index (χ1) is 9.77. The highest BCUT2D eigenvalue weighted by atomic mass is 16.7. The summed E-state index contributed by atoms with van der Waals surface area (Å²) in [6.07, 6.45) is 5.63. The number of ether oxygens (including phenoxy) is 2. The average Bonchev–Trinajstić information content (AvgIpc) is 2.91. The van der Waals surface area contributed by atoms with Gasteiger partial charge in [0.2, 0.25) is 0 Å². The van der Waals surface area contributed by atoms with Gasteiger partial charge < -0.3 is 9.47 Å². The monoisotopic (exact) mass is 270 g/mol. The summed E-state index contributed by atoms with van der Waals surface area (Å²) in [4.78, 5) is 12.6. The van der Waals surface area contributed by atoms with Crippen molar-refractivity contribution in [2.45, 2.75) is 24.5 Å². The van der Waals surface area contributed by atoms with E-state index < -0.39 is 5.79 Å². The number of allylic oxidation sites excluding steroid dienone is 2. The molecule has 1 spiro atoms. The maximum absolute atomic E-state index is 12.6. The van der Waals surface area contributed by atoms with E-state index >= 15 is 0 Å². The van der Waals surface area contributed by atoms with Gasteiger partial charge in [0.15, 0.2) is 5.79 Å². The molecule has 1 aromatic rings. The first kappa shape index (κ1) is 12.3. The number of fused-ring (bicyclic) bond motifs is 2. The molecule has 1 saturated heterocycles. The van der Waals surface area contributed by atoms with Gasteiger partial charge in [-0.25, -0.2) is 0 Å². The van der Waals surface area contributed by atoms with Crippen LogP contribution in [0.15, 0.2) is 42.5 Å². The van der Waals surface area contributed by atoms with Crippen LogP contribution in [0.4, 0.5) is 0 Å². The molecule has 0 radical (unpaired) electrons. The third-order valence-electron chi connectivity index (χ3n) is 4.78. The van der Waals surface area contributed by atoms with Gasteiger partial charge in [-0.2, -0.15) is 0 Å². The highest BCUT2D eigenvalue weighted by Crippen LogP contribution is 2.48. The van der Waals surface area contributed by atoms with Gasteiger partial charge >= 0.3 is 0 Å². The van der Waals surface area contributed by atoms with E-state index in [1.54, 1.807) is 0 Å². The van der Waals surface area contributed by atoms with Crippen molar-refractivity contribution in [1.82, 2.24) is 0 Å². The first-order valence-corrected chi connectivity index (χ1v) is 7.32. The van der Waals surface area contributed by atoms with Crippen molar-refractivity contribution in [1.29, 1.82) is 0 Å². The van der Waals surface area contributed by atoms with E-state index in [4.69, 9.17) is 9.47 Å². The maximum atomic E-state index is 12.6. The van der Waals surface area contributed by atoms with E-state index in [0.29, 0.717) is 31.8 Å². The highest BCUT2D eigenvalue weighted by Gasteiger charge is 2.51. The van der Waals surface area contributed by atoms with Gasteiger partial charge in [-0.05, 0) is 5.56 Å². The van der Waals surface area contributed by atoms with Crippen LogP contribution >= 0.6 is 0 Å². The number of carbonyl (C=O) groups is 1. The van der Waals surface area contributed by atoms with Crippen molar-refractivity contribution in [3.05, 3.63) is 48.0 Å². The Bertz CT molecular complexity index is 543. The molecule has 2 unspecified atom stereocenters. The van der Waals surface area contributed by atoms with E-state index in [1.807, 2.05) is 18.2 Å². The number of Topliss-reactive ketones (excluding diaryl/α,β-unsaturated/α-hetero) is 1. The molecule has 20 heavy (non-hydrogen) atoms. The Hall–Kier alpha value is -1.45. The molecule has 1 aromatic carbocycles. The summed E-state index contributed by atoms with van der Waals surface area (Å²) in [5.74, 6) is -0.0526. The number of hydrogen-bond donors (Lipinski definition) is 0. The van der Waals surface area contributed by atoms with Crippen molar-refractivity contribution in [2.24, 2.45) is 11.8 Å². The largest absolute Gasteiger partial charge is 0.347 e. The summed E-state index contributed by atoms with van der Waals surface area (Å²) in [5, 5.41) is 0. The Morgan fingerprint density at radius 3 is 2.50 bits per heavy atom. The van der Waals surface area contributed by atoms with Crippen LogP contribution in [0.25, 0.3) is 0 Å². The maximum Gasteiger partial charge on any atom is 0.170 e. The standard InChI is InChI=1S/C17H18O3/c18-16-13-6-7-14(12-4-2-1-3-5-12)15(16)11-17(10-13)19-8-9-20-17/h1-7,13-15H,8-11H2/t13?,14-,15?/m0/s1. The topological polar surface area (TPSA) is 35.5 Å². The molecule has 2 aliphatic carbocycles. The minimum atomic E-state index is -0.513. The fraction of sp³-hybridized carbons (Fsp3) is 0.471. The van der Waals surface area contributed by atoms with E-state index in [9.17, 15) is 4.79 Å². The second kappa shape index (κ2) is 4.54. The number of rotatable bonds is 1. The van der Waals surface area contributed by atoms with Crippen LogP contribution in [-0.2, 0) is 14.3 Å². The molecule has 2 fully saturated rings. The zero-order valence-corrected chi connectivity index (χ0v) is 11.3. The van der Waals surface area contributed by atoms with Crippen molar-refractivity contribution < 1.29 is 14.3 Å². The minimum Gasteiger partial charge on any atom is -0.347 e. The normalized spacial score (nSPS) is 34.6. The van der Waals surface area contributed by atoms with Gasteiger partial charge in [0.25, 0.3) is 0 Å². The Labute approximate surface area is 118 Å². The Kier molecular flexibility index (Phi) is 2.79. The van der Waals surface area contributed by atoms with Crippen LogP contribution in [-0.4, -0.2) is 24.8 Å². The molecule has 104 valence electrons. The van der Waals surface area contributed by atoms with Crippen LogP contribution in [0.3, 0.4) is 0 Å². The molecular weight excluding hydrogens is 252 g/mol. The Morgan fingerprint density at radius 2 is 1.75 bits per heavy atom. The molecule has 1 saturated carbocycles. The van der Waals surface area contributed by atoms with Crippen LogP contribution in [0.2, 0.25) is 0 Å². The third kappa shape index (κ3) is 1.85. The fourth-order valence-corrected chi connectivity index (χ4v) is 3.84. The zero-order chi connectivity index (χ0) is 13.6.